The van der Waals surface area contributed by atoms with Crippen molar-refractivity contribution in [1.29, 1.82) is 0 Å². The number of nitrogens with one attached hydrogen (secondary N) is 1. The third kappa shape index (κ3) is 3.00. The van der Waals surface area contributed by atoms with Gasteiger partial charge in [0.05, 0.1) is 11.1 Å². The normalized spacial score (nSPS) is 11.3. The van der Waals surface area contributed by atoms with Crippen LogP contribution in [0, 0.1) is 6.92 Å². The quantitative estimate of drug-likeness (QED) is 0.827. The number of carbonyl (C=O) groups excluding carboxylic acids is 1. The summed E-state index contributed by atoms with van der Waals surface area (Å²) in [6, 6.07) is 4.33. The topological polar surface area (TPSA) is 120 Å². The minimum atomic E-state index is -3.77. The lowest BCUT2D eigenvalue weighted by Crippen LogP contribution is -2.15. The first-order valence-electron chi connectivity index (χ1n) is 5.58. The van der Waals surface area contributed by atoms with Gasteiger partial charge in [-0.3, -0.25) is 9.48 Å². The largest absolute Gasteiger partial charge is 0.321 e. The molecule has 3 N–H and O–H groups in total. The number of sulfonamides is 1. The Bertz CT molecular complexity index is 766. The van der Waals surface area contributed by atoms with Gasteiger partial charge in [0.2, 0.25) is 10.0 Å². The zero-order valence-corrected chi connectivity index (χ0v) is 11.7. The Kier molecular flexibility index (Phi) is 3.55. The molecule has 0 radical (unpaired) electrons. The highest BCUT2D eigenvalue weighted by molar-refractivity contribution is 7.89. The molecule has 9 heteroatoms. The van der Waals surface area contributed by atoms with Gasteiger partial charge in [0.15, 0.2) is 5.69 Å². The summed E-state index contributed by atoms with van der Waals surface area (Å²) in [7, 11) is -2.12. The lowest BCUT2D eigenvalue weighted by molar-refractivity contribution is 0.102. The van der Waals surface area contributed by atoms with Crippen molar-refractivity contribution < 1.29 is 13.2 Å². The molecule has 2 rings (SSSR count). The van der Waals surface area contributed by atoms with E-state index in [0.717, 1.165) is 0 Å². The monoisotopic (exact) mass is 295 g/mol. The zero-order chi connectivity index (χ0) is 14.9. The van der Waals surface area contributed by atoms with Crippen molar-refractivity contribution in [1.82, 2.24) is 15.0 Å². The molecule has 20 heavy (non-hydrogen) atoms. The zero-order valence-electron chi connectivity index (χ0n) is 10.9. The SMILES string of the molecule is Cc1cc(NC(=O)c2cn(C)nn2)ccc1S(N)(=O)=O. The molecule has 0 aliphatic carbocycles. The van der Waals surface area contributed by atoms with Crippen molar-refractivity contribution >= 4 is 21.6 Å². The molecule has 1 heterocycles. The molecular formula is C11H13N5O3S. The number of nitrogens with two attached hydrogens (primary N) is 1. The molecule has 0 saturated carbocycles. The van der Waals surface area contributed by atoms with E-state index >= 15 is 0 Å². The van der Waals surface area contributed by atoms with Gasteiger partial charge in [0, 0.05) is 12.7 Å². The molecule has 0 aliphatic heterocycles. The molecule has 0 unspecified atom stereocenters. The number of carbonyl (C=O) groups is 1. The average molecular weight is 295 g/mol. The highest BCUT2D eigenvalue weighted by atomic mass is 32.2. The van der Waals surface area contributed by atoms with E-state index < -0.39 is 15.9 Å². The third-order valence-electron chi connectivity index (χ3n) is 2.57. The fraction of sp³-hybridized carbons (Fsp3) is 0.182. The van der Waals surface area contributed by atoms with Crippen molar-refractivity contribution in [2.24, 2.45) is 12.2 Å². The van der Waals surface area contributed by atoms with Gasteiger partial charge in [-0.05, 0) is 30.7 Å². The standard InChI is InChI=1S/C11H13N5O3S/c1-7-5-8(3-4-10(7)20(12,18)19)13-11(17)9-6-16(2)15-14-9/h3-6H,1-2H3,(H,13,17)(H2,12,18,19). The minimum absolute atomic E-state index is 0.0231. The van der Waals surface area contributed by atoms with E-state index in [4.69, 9.17) is 5.14 Å². The van der Waals surface area contributed by atoms with Crippen LogP contribution in [0.25, 0.3) is 0 Å². The first-order chi connectivity index (χ1) is 9.27. The van der Waals surface area contributed by atoms with Gasteiger partial charge >= 0.3 is 0 Å². The summed E-state index contributed by atoms with van der Waals surface area (Å²) in [6.07, 6.45) is 1.47. The molecule has 0 spiro atoms. The van der Waals surface area contributed by atoms with Crippen LogP contribution in [0.3, 0.4) is 0 Å². The van der Waals surface area contributed by atoms with Gasteiger partial charge in [-0.15, -0.1) is 5.10 Å². The molecule has 1 aromatic carbocycles. The van der Waals surface area contributed by atoms with Gasteiger partial charge in [-0.2, -0.15) is 0 Å². The molecule has 0 atom stereocenters. The summed E-state index contributed by atoms with van der Waals surface area (Å²) in [5.74, 6) is -0.430. The molecule has 0 fully saturated rings. The Morgan fingerprint density at radius 2 is 2.10 bits per heavy atom. The number of aryl methyl sites for hydroxylation is 2. The van der Waals surface area contributed by atoms with E-state index in [2.05, 4.69) is 15.6 Å². The Morgan fingerprint density at radius 1 is 1.40 bits per heavy atom. The Labute approximate surface area is 115 Å². The third-order valence-corrected chi connectivity index (χ3v) is 3.65. The van der Waals surface area contributed by atoms with E-state index in [-0.39, 0.29) is 10.6 Å². The lowest BCUT2D eigenvalue weighted by atomic mass is 10.2. The Hall–Kier alpha value is -2.26. The predicted octanol–water partition coefficient (Wildman–Crippen LogP) is 0.0232. The molecule has 2 aromatic rings. The number of aromatic nitrogens is 3. The maximum atomic E-state index is 11.9. The molecule has 1 amide bonds. The molecule has 0 bridgehead atoms. The van der Waals surface area contributed by atoms with Crippen molar-refractivity contribution in [2.75, 3.05) is 5.32 Å². The van der Waals surface area contributed by atoms with Gasteiger partial charge in [0.1, 0.15) is 0 Å². The van der Waals surface area contributed by atoms with Crippen LogP contribution in [0.1, 0.15) is 16.1 Å². The van der Waals surface area contributed by atoms with E-state index in [1.165, 1.54) is 29.1 Å². The minimum Gasteiger partial charge on any atom is -0.321 e. The van der Waals surface area contributed by atoms with Crippen molar-refractivity contribution in [2.45, 2.75) is 11.8 Å². The highest BCUT2D eigenvalue weighted by Crippen LogP contribution is 2.18. The number of benzene rings is 1. The Balaban J connectivity index is 2.23. The summed E-state index contributed by atoms with van der Waals surface area (Å²) in [5, 5.41) is 15.0. The number of hydrogen-bond donors (Lipinski definition) is 2. The molecular weight excluding hydrogens is 282 g/mol. The summed E-state index contributed by atoms with van der Waals surface area (Å²) in [4.78, 5) is 11.9. The lowest BCUT2D eigenvalue weighted by Gasteiger charge is -2.07. The van der Waals surface area contributed by atoms with E-state index in [0.29, 0.717) is 11.3 Å². The maximum Gasteiger partial charge on any atom is 0.277 e. The van der Waals surface area contributed by atoms with Crippen molar-refractivity contribution in [3.63, 3.8) is 0 Å². The Morgan fingerprint density at radius 3 is 2.60 bits per heavy atom. The number of nitrogens with zero attached hydrogens (tertiary/aromatic N) is 3. The summed E-state index contributed by atoms with van der Waals surface area (Å²) in [5.41, 5.74) is 1.07. The van der Waals surface area contributed by atoms with Crippen molar-refractivity contribution in [3.8, 4) is 0 Å². The number of primary sulfonamides is 1. The van der Waals surface area contributed by atoms with Crippen LogP contribution in [-0.4, -0.2) is 29.3 Å². The molecule has 1 aromatic heterocycles. The molecule has 0 aliphatic rings. The van der Waals surface area contributed by atoms with E-state index in [1.54, 1.807) is 14.0 Å². The van der Waals surface area contributed by atoms with Gasteiger partial charge < -0.3 is 5.32 Å². The first-order valence-corrected chi connectivity index (χ1v) is 7.13. The van der Waals surface area contributed by atoms with Crippen LogP contribution in [0.4, 0.5) is 5.69 Å². The predicted molar refractivity (Wildman–Crippen MR) is 71.5 cm³/mol. The average Bonchev–Trinajstić information content (AvgIpc) is 2.74. The molecule has 106 valence electrons. The molecule has 0 saturated heterocycles. The maximum absolute atomic E-state index is 11.9. The summed E-state index contributed by atoms with van der Waals surface area (Å²) >= 11 is 0. The highest BCUT2D eigenvalue weighted by Gasteiger charge is 2.14. The van der Waals surface area contributed by atoms with Gasteiger partial charge in [-0.25, -0.2) is 13.6 Å². The van der Waals surface area contributed by atoms with Crippen molar-refractivity contribution in [3.05, 3.63) is 35.7 Å². The fourth-order valence-electron chi connectivity index (χ4n) is 1.69. The van der Waals surface area contributed by atoms with Crippen LogP contribution in [0.5, 0.6) is 0 Å². The second-order valence-electron chi connectivity index (χ2n) is 4.26. The summed E-state index contributed by atoms with van der Waals surface area (Å²) in [6.45, 7) is 1.59. The van der Waals surface area contributed by atoms with Gasteiger partial charge in [0.25, 0.3) is 5.91 Å². The number of amides is 1. The molecule has 8 nitrogen and oxygen atoms in total. The van der Waals surface area contributed by atoms with E-state index in [9.17, 15) is 13.2 Å². The number of hydrogen-bond acceptors (Lipinski definition) is 5. The fourth-order valence-corrected chi connectivity index (χ4v) is 2.46. The summed E-state index contributed by atoms with van der Waals surface area (Å²) < 4.78 is 24.0. The van der Waals surface area contributed by atoms with Gasteiger partial charge in [-0.1, -0.05) is 5.21 Å². The second kappa shape index (κ2) is 5.02. The first kappa shape index (κ1) is 14.2. The van der Waals surface area contributed by atoms with E-state index in [1.807, 2.05) is 0 Å². The smallest absolute Gasteiger partial charge is 0.277 e. The number of rotatable bonds is 3. The van der Waals surface area contributed by atoms with Crippen LogP contribution >= 0.6 is 0 Å². The number of anilines is 1. The van der Waals surface area contributed by atoms with Crippen LogP contribution in [0.2, 0.25) is 0 Å². The van der Waals surface area contributed by atoms with Crippen LogP contribution in [0.15, 0.2) is 29.3 Å². The second-order valence-corrected chi connectivity index (χ2v) is 5.79. The van der Waals surface area contributed by atoms with Crippen LogP contribution in [-0.2, 0) is 17.1 Å². The van der Waals surface area contributed by atoms with Crippen LogP contribution < -0.4 is 10.5 Å².